The number of nitrogens with two attached hydrogens (primary N) is 1. The molecule has 0 aromatic carbocycles. The summed E-state index contributed by atoms with van der Waals surface area (Å²) in [7, 11) is 0. The van der Waals surface area contributed by atoms with Crippen LogP contribution in [0.4, 0.5) is 0 Å². The van der Waals surface area contributed by atoms with E-state index in [0.29, 0.717) is 13.0 Å². The lowest BCUT2D eigenvalue weighted by molar-refractivity contribution is -0.120. The van der Waals surface area contributed by atoms with Crippen LogP contribution >= 0.6 is 11.3 Å². The molecule has 4 nitrogen and oxygen atoms in total. The topological polar surface area (TPSA) is 68.0 Å². The van der Waals surface area contributed by atoms with Crippen molar-refractivity contribution in [2.75, 3.05) is 6.54 Å². The molecule has 0 saturated carbocycles. The molecule has 1 aromatic heterocycles. The number of carbonyl (C=O) groups excluding carboxylic acids is 1. The molecule has 1 aromatic rings. The predicted molar refractivity (Wildman–Crippen MR) is 57.2 cm³/mol. The van der Waals surface area contributed by atoms with Gasteiger partial charge in [-0.05, 0) is 13.8 Å². The van der Waals surface area contributed by atoms with E-state index in [1.807, 2.05) is 19.2 Å². The number of hydrogen-bond acceptors (Lipinski definition) is 4. The number of thiazole rings is 1. The van der Waals surface area contributed by atoms with E-state index in [1.54, 1.807) is 11.3 Å². The van der Waals surface area contributed by atoms with Gasteiger partial charge >= 0.3 is 0 Å². The molecule has 0 aliphatic rings. The summed E-state index contributed by atoms with van der Waals surface area (Å²) >= 11 is 1.55. The molecule has 0 aliphatic carbocycles. The third-order valence-corrected chi connectivity index (χ3v) is 2.45. The average Bonchev–Trinajstić information content (AvgIpc) is 2.48. The second kappa shape index (κ2) is 5.07. The second-order valence-electron chi connectivity index (χ2n) is 3.32. The van der Waals surface area contributed by atoms with Crippen molar-refractivity contribution in [2.45, 2.75) is 26.3 Å². The smallest absolute Gasteiger partial charge is 0.226 e. The molecule has 1 heterocycles. The van der Waals surface area contributed by atoms with E-state index < -0.39 is 0 Å². The molecule has 1 unspecified atom stereocenters. The van der Waals surface area contributed by atoms with Gasteiger partial charge in [0.2, 0.25) is 5.91 Å². The molecule has 0 radical (unpaired) electrons. The fraction of sp³-hybridized carbons (Fsp3) is 0.556. The van der Waals surface area contributed by atoms with E-state index in [0.717, 1.165) is 10.7 Å². The molecule has 1 amide bonds. The van der Waals surface area contributed by atoms with E-state index in [9.17, 15) is 4.79 Å². The van der Waals surface area contributed by atoms with Gasteiger partial charge in [-0.15, -0.1) is 11.3 Å². The van der Waals surface area contributed by atoms with E-state index in [2.05, 4.69) is 10.3 Å². The SMILES string of the molecule is Cc1nc(CC(=O)NCC(C)N)cs1. The van der Waals surface area contributed by atoms with Gasteiger partial charge < -0.3 is 11.1 Å². The summed E-state index contributed by atoms with van der Waals surface area (Å²) in [5, 5.41) is 5.63. The largest absolute Gasteiger partial charge is 0.354 e. The molecule has 78 valence electrons. The highest BCUT2D eigenvalue weighted by molar-refractivity contribution is 7.09. The Bertz CT molecular complexity index is 309. The number of hydrogen-bond donors (Lipinski definition) is 2. The molecular formula is C9H15N3OS. The van der Waals surface area contributed by atoms with Crippen molar-refractivity contribution in [2.24, 2.45) is 5.73 Å². The highest BCUT2D eigenvalue weighted by Gasteiger charge is 2.06. The number of amides is 1. The minimum absolute atomic E-state index is 0.00359. The van der Waals surface area contributed by atoms with Crippen molar-refractivity contribution in [3.8, 4) is 0 Å². The molecule has 1 atom stereocenters. The second-order valence-corrected chi connectivity index (χ2v) is 4.38. The van der Waals surface area contributed by atoms with Gasteiger partial charge in [-0.25, -0.2) is 4.98 Å². The molecule has 5 heteroatoms. The van der Waals surface area contributed by atoms with Crippen LogP contribution in [0.1, 0.15) is 17.6 Å². The predicted octanol–water partition coefficient (Wildman–Crippen LogP) is 0.457. The highest BCUT2D eigenvalue weighted by atomic mass is 32.1. The minimum Gasteiger partial charge on any atom is -0.354 e. The molecule has 0 saturated heterocycles. The Morgan fingerprint density at radius 2 is 2.50 bits per heavy atom. The van der Waals surface area contributed by atoms with Gasteiger partial charge in [-0.3, -0.25) is 4.79 Å². The van der Waals surface area contributed by atoms with Crippen molar-refractivity contribution in [3.05, 3.63) is 16.1 Å². The average molecular weight is 213 g/mol. The van der Waals surface area contributed by atoms with Crippen LogP contribution in [0, 0.1) is 6.92 Å². The van der Waals surface area contributed by atoms with E-state index in [4.69, 9.17) is 5.73 Å². The minimum atomic E-state index is -0.0207. The first-order chi connectivity index (χ1) is 6.58. The van der Waals surface area contributed by atoms with Gasteiger partial charge in [0.1, 0.15) is 0 Å². The van der Waals surface area contributed by atoms with Gasteiger partial charge in [-0.1, -0.05) is 0 Å². The molecule has 0 bridgehead atoms. The van der Waals surface area contributed by atoms with Crippen molar-refractivity contribution < 1.29 is 4.79 Å². The quantitative estimate of drug-likeness (QED) is 0.763. The summed E-state index contributed by atoms with van der Waals surface area (Å²) in [6.07, 6.45) is 0.344. The molecule has 3 N–H and O–H groups in total. The first kappa shape index (κ1) is 11.1. The highest BCUT2D eigenvalue weighted by Crippen LogP contribution is 2.07. The summed E-state index contributed by atoms with van der Waals surface area (Å²) in [6.45, 7) is 4.29. The van der Waals surface area contributed by atoms with Gasteiger partial charge in [-0.2, -0.15) is 0 Å². The zero-order valence-corrected chi connectivity index (χ0v) is 9.23. The van der Waals surface area contributed by atoms with Crippen molar-refractivity contribution in [1.82, 2.24) is 10.3 Å². The molecule has 0 fully saturated rings. The maximum absolute atomic E-state index is 11.3. The Morgan fingerprint density at radius 3 is 3.00 bits per heavy atom. The van der Waals surface area contributed by atoms with Crippen molar-refractivity contribution in [3.63, 3.8) is 0 Å². The third-order valence-electron chi connectivity index (χ3n) is 1.63. The van der Waals surface area contributed by atoms with Crippen LogP contribution in [-0.4, -0.2) is 23.5 Å². The number of aryl methyl sites for hydroxylation is 1. The van der Waals surface area contributed by atoms with Gasteiger partial charge in [0.05, 0.1) is 17.1 Å². The number of nitrogens with zero attached hydrogens (tertiary/aromatic N) is 1. The van der Waals surface area contributed by atoms with E-state index >= 15 is 0 Å². The zero-order chi connectivity index (χ0) is 10.6. The van der Waals surface area contributed by atoms with Crippen molar-refractivity contribution >= 4 is 17.2 Å². The lowest BCUT2D eigenvalue weighted by atomic mass is 10.3. The molecule has 0 aliphatic heterocycles. The monoisotopic (exact) mass is 213 g/mol. The lowest BCUT2D eigenvalue weighted by Gasteiger charge is -2.06. The third kappa shape index (κ3) is 3.85. The maximum atomic E-state index is 11.3. The Morgan fingerprint density at radius 1 is 1.79 bits per heavy atom. The van der Waals surface area contributed by atoms with E-state index in [-0.39, 0.29) is 11.9 Å². The van der Waals surface area contributed by atoms with Crippen LogP contribution < -0.4 is 11.1 Å². The summed E-state index contributed by atoms with van der Waals surface area (Å²) < 4.78 is 0. The standard InChI is InChI=1S/C9H15N3OS/c1-6(10)4-11-9(13)3-8-5-14-7(2)12-8/h5-6H,3-4,10H2,1-2H3,(H,11,13). The Balaban J connectivity index is 2.34. The number of carbonyl (C=O) groups is 1. The van der Waals surface area contributed by atoms with Gasteiger partial charge in [0, 0.05) is 18.0 Å². The van der Waals surface area contributed by atoms with E-state index in [1.165, 1.54) is 0 Å². The van der Waals surface area contributed by atoms with Gasteiger partial charge in [0.25, 0.3) is 0 Å². The molecule has 14 heavy (non-hydrogen) atoms. The van der Waals surface area contributed by atoms with Crippen LogP contribution in [0.3, 0.4) is 0 Å². The van der Waals surface area contributed by atoms with Gasteiger partial charge in [0.15, 0.2) is 0 Å². The number of nitrogens with one attached hydrogen (secondary N) is 1. The summed E-state index contributed by atoms with van der Waals surface area (Å²) in [4.78, 5) is 15.5. The van der Waals surface area contributed by atoms with Crippen LogP contribution in [0.25, 0.3) is 0 Å². The maximum Gasteiger partial charge on any atom is 0.226 e. The van der Waals surface area contributed by atoms with Crippen LogP contribution in [0.15, 0.2) is 5.38 Å². The Labute approximate surface area is 87.5 Å². The fourth-order valence-electron chi connectivity index (χ4n) is 0.991. The van der Waals surface area contributed by atoms with Crippen molar-refractivity contribution in [1.29, 1.82) is 0 Å². The summed E-state index contributed by atoms with van der Waals surface area (Å²) in [5.41, 5.74) is 6.34. The van der Waals surface area contributed by atoms with Crippen LogP contribution in [0.2, 0.25) is 0 Å². The summed E-state index contributed by atoms with van der Waals surface area (Å²) in [6, 6.07) is -0.00359. The molecule has 0 spiro atoms. The first-order valence-corrected chi connectivity index (χ1v) is 5.39. The molecule has 1 rings (SSSR count). The summed E-state index contributed by atoms with van der Waals surface area (Å²) in [5.74, 6) is -0.0207. The fourth-order valence-corrected chi connectivity index (χ4v) is 1.60. The van der Waals surface area contributed by atoms with Crippen LogP contribution in [0.5, 0.6) is 0 Å². The number of aromatic nitrogens is 1. The Kier molecular flexibility index (Phi) is 4.03. The zero-order valence-electron chi connectivity index (χ0n) is 8.41. The first-order valence-electron chi connectivity index (χ1n) is 4.51. The normalized spacial score (nSPS) is 12.5. The molecular weight excluding hydrogens is 198 g/mol. The van der Waals surface area contributed by atoms with Crippen LogP contribution in [-0.2, 0) is 11.2 Å². The Hall–Kier alpha value is -0.940. The lowest BCUT2D eigenvalue weighted by Crippen LogP contribution is -2.35. The number of rotatable bonds is 4.